The minimum atomic E-state index is 1.12. The fourth-order valence-corrected chi connectivity index (χ4v) is 10.4. The molecule has 12 rings (SSSR count). The topological polar surface area (TPSA) is 8.17 Å². The Kier molecular flexibility index (Phi) is 7.13. The van der Waals surface area contributed by atoms with Crippen LogP contribution in [0.5, 0.6) is 0 Å². The summed E-state index contributed by atoms with van der Waals surface area (Å²) in [6.07, 6.45) is 0. The molecule has 2 nitrogen and oxygen atoms in total. The van der Waals surface area contributed by atoms with E-state index in [1.165, 1.54) is 96.8 Å². The minimum absolute atomic E-state index is 1.12. The zero-order valence-corrected chi connectivity index (χ0v) is 31.7. The molecule has 57 heavy (non-hydrogen) atoms. The molecular formula is C54H34N2S. The fourth-order valence-electron chi connectivity index (χ4n) is 9.24. The van der Waals surface area contributed by atoms with Crippen molar-refractivity contribution in [2.24, 2.45) is 0 Å². The van der Waals surface area contributed by atoms with Crippen LogP contribution in [0.25, 0.3) is 91.1 Å². The van der Waals surface area contributed by atoms with Gasteiger partial charge in [0.05, 0.1) is 27.1 Å². The number of hydrogen-bond donors (Lipinski definition) is 0. The summed E-state index contributed by atoms with van der Waals surface area (Å²) in [4.78, 5) is 2.45. The number of benzene rings is 10. The largest absolute Gasteiger partial charge is 0.309 e. The lowest BCUT2D eigenvalue weighted by atomic mass is 9.95. The van der Waals surface area contributed by atoms with Crippen molar-refractivity contribution in [2.75, 3.05) is 4.90 Å². The Hall–Kier alpha value is -7.20. The molecule has 0 aliphatic carbocycles. The molecule has 0 fully saturated rings. The maximum Gasteiger partial charge on any atom is 0.0640 e. The maximum absolute atomic E-state index is 2.55. The number of para-hydroxylation sites is 1. The van der Waals surface area contributed by atoms with Gasteiger partial charge in [0.1, 0.15) is 0 Å². The molecule has 12 aromatic rings. The summed E-state index contributed by atoms with van der Waals surface area (Å²) in [7, 11) is 0. The van der Waals surface area contributed by atoms with Gasteiger partial charge in [-0.3, -0.25) is 0 Å². The number of nitrogens with zero attached hydrogens (tertiary/aromatic N) is 2. The second-order valence-electron chi connectivity index (χ2n) is 14.9. The second-order valence-corrected chi connectivity index (χ2v) is 15.9. The number of hydrogen-bond acceptors (Lipinski definition) is 2. The fraction of sp³-hybridized carbons (Fsp3) is 0. The van der Waals surface area contributed by atoms with Gasteiger partial charge in [-0.25, -0.2) is 0 Å². The summed E-state index contributed by atoms with van der Waals surface area (Å²) in [5.41, 5.74) is 9.44. The van der Waals surface area contributed by atoms with Gasteiger partial charge < -0.3 is 9.47 Å². The number of rotatable bonds is 5. The Morgan fingerprint density at radius 1 is 0.404 bits per heavy atom. The van der Waals surface area contributed by atoms with Crippen molar-refractivity contribution in [2.45, 2.75) is 0 Å². The zero-order valence-electron chi connectivity index (χ0n) is 30.9. The second kappa shape index (κ2) is 12.7. The summed E-state index contributed by atoms with van der Waals surface area (Å²) in [5, 5.41) is 12.5. The van der Waals surface area contributed by atoms with Crippen LogP contribution in [0.2, 0.25) is 0 Å². The monoisotopic (exact) mass is 742 g/mol. The normalized spacial score (nSPS) is 11.9. The summed E-state index contributed by atoms with van der Waals surface area (Å²) >= 11 is 1.87. The van der Waals surface area contributed by atoms with E-state index in [4.69, 9.17) is 0 Å². The van der Waals surface area contributed by atoms with Crippen LogP contribution in [0.4, 0.5) is 17.1 Å². The van der Waals surface area contributed by atoms with E-state index >= 15 is 0 Å². The smallest absolute Gasteiger partial charge is 0.0640 e. The first-order chi connectivity index (χ1) is 28.3. The van der Waals surface area contributed by atoms with Crippen LogP contribution in [0.3, 0.4) is 0 Å². The molecule has 0 amide bonds. The lowest BCUT2D eigenvalue weighted by Crippen LogP contribution is -2.10. The highest BCUT2D eigenvalue weighted by Crippen LogP contribution is 2.48. The van der Waals surface area contributed by atoms with E-state index in [2.05, 4.69) is 216 Å². The first-order valence-corrected chi connectivity index (χ1v) is 20.3. The highest BCUT2D eigenvalue weighted by molar-refractivity contribution is 7.26. The van der Waals surface area contributed by atoms with E-state index in [0.29, 0.717) is 0 Å². The van der Waals surface area contributed by atoms with Crippen LogP contribution in [-0.4, -0.2) is 4.57 Å². The van der Waals surface area contributed by atoms with Gasteiger partial charge in [0.15, 0.2) is 0 Å². The van der Waals surface area contributed by atoms with E-state index in [-0.39, 0.29) is 0 Å². The highest BCUT2D eigenvalue weighted by atomic mass is 32.1. The van der Waals surface area contributed by atoms with Crippen LogP contribution < -0.4 is 4.90 Å². The lowest BCUT2D eigenvalue weighted by molar-refractivity contribution is 1.21. The van der Waals surface area contributed by atoms with Gasteiger partial charge in [-0.05, 0) is 87.3 Å². The molecule has 0 aliphatic heterocycles. The number of fused-ring (bicyclic) bond motifs is 11. The molecule has 2 aromatic heterocycles. The van der Waals surface area contributed by atoms with Crippen molar-refractivity contribution in [3.8, 4) is 16.8 Å². The summed E-state index contributed by atoms with van der Waals surface area (Å²) < 4.78 is 5.13. The molecule has 0 saturated carbocycles. The first-order valence-electron chi connectivity index (χ1n) is 19.5. The molecule has 3 heteroatoms. The molecule has 266 valence electrons. The van der Waals surface area contributed by atoms with Crippen molar-refractivity contribution in [1.82, 2.24) is 4.57 Å². The summed E-state index contributed by atoms with van der Waals surface area (Å²) in [6, 6.07) is 75.8. The number of thiophene rings is 1. The standard InChI is InChI=1S/C54H34N2S/c1-3-16-35(17-4-1)46-32-36-18-8-10-23-41(36)53-52(46)47-34-39(30-31-48(47)56(53)50-33-37-19-7-9-22-40(37)42-24-11-12-25-43(42)50)55(38-20-5-2-6-21-38)49-28-15-27-45-44-26-13-14-29-51(44)57-54(45)49/h1-34H. The van der Waals surface area contributed by atoms with Crippen molar-refractivity contribution >= 4 is 103 Å². The SMILES string of the molecule is c1ccc(-c2cc3ccccc3c3c2c2cc(N(c4ccccc4)c4cccc5c4sc4ccccc45)ccc2n3-c2cc3ccccc3c3ccccc23)cc1. The molecular weight excluding hydrogens is 709 g/mol. The maximum atomic E-state index is 2.55. The van der Waals surface area contributed by atoms with Crippen LogP contribution >= 0.6 is 11.3 Å². The van der Waals surface area contributed by atoms with Crippen LogP contribution in [0, 0.1) is 0 Å². The molecule has 0 spiro atoms. The van der Waals surface area contributed by atoms with Gasteiger partial charge in [0, 0.05) is 48.4 Å². The quantitative estimate of drug-likeness (QED) is 0.159. The Morgan fingerprint density at radius 3 is 1.84 bits per heavy atom. The van der Waals surface area contributed by atoms with Crippen LogP contribution in [0.15, 0.2) is 206 Å². The molecule has 2 heterocycles. The van der Waals surface area contributed by atoms with Gasteiger partial charge in [-0.2, -0.15) is 0 Å². The Labute approximate surface area is 333 Å². The van der Waals surface area contributed by atoms with Gasteiger partial charge in [0.25, 0.3) is 0 Å². The van der Waals surface area contributed by atoms with Crippen molar-refractivity contribution in [1.29, 1.82) is 0 Å². The molecule has 0 bridgehead atoms. The molecule has 0 aliphatic rings. The average Bonchev–Trinajstić information content (AvgIpc) is 3.83. The van der Waals surface area contributed by atoms with Gasteiger partial charge >= 0.3 is 0 Å². The molecule has 0 unspecified atom stereocenters. The van der Waals surface area contributed by atoms with Crippen LogP contribution in [-0.2, 0) is 0 Å². The lowest BCUT2D eigenvalue weighted by Gasteiger charge is -2.26. The average molecular weight is 743 g/mol. The predicted octanol–water partition coefficient (Wildman–Crippen LogP) is 15.7. The molecule has 0 N–H and O–H groups in total. The molecule has 10 aromatic carbocycles. The van der Waals surface area contributed by atoms with E-state index in [0.717, 1.165) is 11.4 Å². The Balaban J connectivity index is 1.24. The molecule has 0 atom stereocenters. The van der Waals surface area contributed by atoms with Crippen molar-refractivity contribution in [3.63, 3.8) is 0 Å². The summed E-state index contributed by atoms with van der Waals surface area (Å²) in [6.45, 7) is 0. The van der Waals surface area contributed by atoms with E-state index < -0.39 is 0 Å². The zero-order chi connectivity index (χ0) is 37.5. The third kappa shape index (κ3) is 4.89. The molecule has 0 radical (unpaired) electrons. The number of aromatic nitrogens is 1. The van der Waals surface area contributed by atoms with E-state index in [1.54, 1.807) is 0 Å². The number of anilines is 3. The highest BCUT2D eigenvalue weighted by Gasteiger charge is 2.24. The van der Waals surface area contributed by atoms with Gasteiger partial charge in [0.2, 0.25) is 0 Å². The first kappa shape index (κ1) is 32.1. The van der Waals surface area contributed by atoms with Gasteiger partial charge in [-0.15, -0.1) is 11.3 Å². The van der Waals surface area contributed by atoms with E-state index in [1.807, 2.05) is 11.3 Å². The Morgan fingerprint density at radius 2 is 1.04 bits per heavy atom. The van der Waals surface area contributed by atoms with E-state index in [9.17, 15) is 0 Å². The van der Waals surface area contributed by atoms with Crippen molar-refractivity contribution < 1.29 is 0 Å². The minimum Gasteiger partial charge on any atom is -0.309 e. The summed E-state index contributed by atoms with van der Waals surface area (Å²) in [5.74, 6) is 0. The predicted molar refractivity (Wildman–Crippen MR) is 246 cm³/mol. The molecule has 0 saturated heterocycles. The Bertz CT molecular complexity index is 3520. The van der Waals surface area contributed by atoms with Crippen molar-refractivity contribution in [3.05, 3.63) is 206 Å². The third-order valence-electron chi connectivity index (χ3n) is 11.7. The van der Waals surface area contributed by atoms with Gasteiger partial charge in [-0.1, -0.05) is 152 Å². The third-order valence-corrected chi connectivity index (χ3v) is 12.9. The van der Waals surface area contributed by atoms with Crippen LogP contribution in [0.1, 0.15) is 0 Å².